The van der Waals surface area contributed by atoms with E-state index in [0.717, 1.165) is 28.4 Å². The summed E-state index contributed by atoms with van der Waals surface area (Å²) in [6.45, 7) is 3.66. The number of furan rings is 1. The summed E-state index contributed by atoms with van der Waals surface area (Å²) in [5, 5.41) is 2.11. The lowest BCUT2D eigenvalue weighted by Crippen LogP contribution is -2.41. The molecule has 1 aliphatic rings. The third-order valence-electron chi connectivity index (χ3n) is 5.37. The molecule has 0 saturated carbocycles. The van der Waals surface area contributed by atoms with Gasteiger partial charge in [-0.1, -0.05) is 41.1 Å². The number of likely N-dealkylation sites (tertiary alicyclic amines) is 1. The topological polar surface area (TPSA) is 64.8 Å². The van der Waals surface area contributed by atoms with Gasteiger partial charge in [0.1, 0.15) is 11.6 Å². The average Bonchev–Trinajstić information content (AvgIpc) is 3.39. The summed E-state index contributed by atoms with van der Waals surface area (Å²) in [6, 6.07) is 13.2. The summed E-state index contributed by atoms with van der Waals surface area (Å²) in [5.41, 5.74) is 1.38. The van der Waals surface area contributed by atoms with E-state index in [9.17, 15) is 4.79 Å². The Bertz CT molecular complexity index is 1240. The number of para-hydroxylation sites is 2. The summed E-state index contributed by atoms with van der Waals surface area (Å²) >= 11 is 7.70. The van der Waals surface area contributed by atoms with Crippen molar-refractivity contribution < 1.29 is 18.7 Å². The zero-order valence-electron chi connectivity index (χ0n) is 17.0. The highest BCUT2D eigenvalue weighted by Crippen LogP contribution is 2.34. The van der Waals surface area contributed by atoms with Gasteiger partial charge in [-0.3, -0.25) is 4.79 Å². The number of carbonyl (C=O) groups excluding carboxylic acids is 1. The highest BCUT2D eigenvalue weighted by molar-refractivity contribution is 7.20. The molecule has 3 heterocycles. The normalized spacial score (nSPS) is 15.0. The van der Waals surface area contributed by atoms with Crippen LogP contribution in [0.1, 0.15) is 30.3 Å². The van der Waals surface area contributed by atoms with E-state index < -0.39 is 0 Å². The molecule has 2 aromatic heterocycles. The third-order valence-corrected chi connectivity index (χ3v) is 6.58. The Hall–Kier alpha value is -2.77. The van der Waals surface area contributed by atoms with E-state index in [1.54, 1.807) is 6.07 Å². The zero-order valence-corrected chi connectivity index (χ0v) is 18.5. The highest BCUT2D eigenvalue weighted by atomic mass is 35.5. The second-order valence-corrected chi connectivity index (χ2v) is 8.79. The van der Waals surface area contributed by atoms with Crippen molar-refractivity contribution in [3.05, 3.63) is 53.2 Å². The van der Waals surface area contributed by atoms with Crippen LogP contribution in [0.2, 0.25) is 5.02 Å². The van der Waals surface area contributed by atoms with Crippen LogP contribution in [0.15, 0.2) is 46.9 Å². The molecule has 6 nitrogen and oxygen atoms in total. The molecule has 31 heavy (non-hydrogen) atoms. The number of halogens is 1. The number of carbonyl (C=O) groups is 1. The average molecular weight is 457 g/mol. The molecule has 1 aliphatic heterocycles. The number of piperidine rings is 1. The lowest BCUT2D eigenvalue weighted by molar-refractivity contribution is 0.0568. The number of amides is 1. The monoisotopic (exact) mass is 456 g/mol. The standard InChI is InChI=1S/C23H21ClN2O4S/c1-2-28-17-7-3-5-14-13-18(30-21(14)17)22(27)26-11-9-15(10-12-26)29-23-25-20-16(24)6-4-8-19(20)31-23/h3-8,13,15H,2,9-12H2,1H3. The Balaban J connectivity index is 1.24. The Morgan fingerprint density at radius 2 is 2.06 bits per heavy atom. The predicted molar refractivity (Wildman–Crippen MR) is 122 cm³/mol. The van der Waals surface area contributed by atoms with Crippen LogP contribution in [-0.4, -0.2) is 41.6 Å². The molecule has 4 aromatic rings. The number of rotatable bonds is 5. The number of nitrogens with zero attached hydrogens (tertiary/aromatic N) is 2. The molecule has 0 radical (unpaired) electrons. The fourth-order valence-corrected chi connectivity index (χ4v) is 5.01. The molecule has 1 saturated heterocycles. The van der Waals surface area contributed by atoms with Crippen LogP contribution >= 0.6 is 22.9 Å². The number of benzene rings is 2. The first-order valence-electron chi connectivity index (χ1n) is 10.3. The van der Waals surface area contributed by atoms with Crippen molar-refractivity contribution in [2.24, 2.45) is 0 Å². The lowest BCUT2D eigenvalue weighted by atomic mass is 10.1. The Morgan fingerprint density at radius 3 is 2.84 bits per heavy atom. The minimum Gasteiger partial charge on any atom is -0.490 e. The molecule has 5 rings (SSSR count). The van der Waals surface area contributed by atoms with E-state index in [1.165, 1.54) is 11.3 Å². The van der Waals surface area contributed by atoms with Crippen molar-refractivity contribution in [3.8, 4) is 10.9 Å². The predicted octanol–water partition coefficient (Wildman–Crippen LogP) is 5.78. The fourth-order valence-electron chi connectivity index (χ4n) is 3.83. The molecule has 1 fully saturated rings. The van der Waals surface area contributed by atoms with Crippen molar-refractivity contribution in [3.63, 3.8) is 0 Å². The smallest absolute Gasteiger partial charge is 0.289 e. The van der Waals surface area contributed by atoms with Gasteiger partial charge < -0.3 is 18.8 Å². The molecule has 2 aromatic carbocycles. The summed E-state index contributed by atoms with van der Waals surface area (Å²) < 4.78 is 18.6. The number of hydrogen-bond acceptors (Lipinski definition) is 6. The van der Waals surface area contributed by atoms with E-state index in [1.807, 2.05) is 48.2 Å². The zero-order chi connectivity index (χ0) is 21.4. The van der Waals surface area contributed by atoms with Gasteiger partial charge in [0.05, 0.1) is 16.3 Å². The summed E-state index contributed by atoms with van der Waals surface area (Å²) in [5.74, 6) is 0.883. The molecule has 0 bridgehead atoms. The lowest BCUT2D eigenvalue weighted by Gasteiger charge is -2.31. The van der Waals surface area contributed by atoms with Crippen LogP contribution in [0.4, 0.5) is 0 Å². The summed E-state index contributed by atoms with van der Waals surface area (Å²) in [7, 11) is 0. The van der Waals surface area contributed by atoms with Gasteiger partial charge in [0.15, 0.2) is 17.1 Å². The molecule has 8 heteroatoms. The van der Waals surface area contributed by atoms with Gasteiger partial charge >= 0.3 is 0 Å². The molecule has 1 amide bonds. The first kappa shape index (κ1) is 20.2. The number of ether oxygens (including phenoxy) is 2. The summed E-state index contributed by atoms with van der Waals surface area (Å²) in [6.07, 6.45) is 1.49. The van der Waals surface area contributed by atoms with Crippen LogP contribution in [-0.2, 0) is 0 Å². The molecule has 0 N–H and O–H groups in total. The molecule has 0 spiro atoms. The SMILES string of the molecule is CCOc1cccc2cc(C(=O)N3CCC(Oc4nc5c(Cl)cccc5s4)CC3)oc12. The van der Waals surface area contributed by atoms with Crippen molar-refractivity contribution in [2.45, 2.75) is 25.9 Å². The van der Waals surface area contributed by atoms with Crippen LogP contribution in [0.25, 0.3) is 21.2 Å². The van der Waals surface area contributed by atoms with Crippen molar-refractivity contribution >= 4 is 50.0 Å². The first-order chi connectivity index (χ1) is 15.1. The minimum absolute atomic E-state index is 0.0172. The van der Waals surface area contributed by atoms with Crippen molar-refractivity contribution in [1.29, 1.82) is 0 Å². The van der Waals surface area contributed by atoms with Crippen LogP contribution in [0, 0.1) is 0 Å². The quantitative estimate of drug-likeness (QED) is 0.381. The number of fused-ring (bicyclic) bond motifs is 2. The fraction of sp³-hybridized carbons (Fsp3) is 0.304. The maximum Gasteiger partial charge on any atom is 0.289 e. The maximum atomic E-state index is 13.0. The van der Waals surface area contributed by atoms with Crippen LogP contribution in [0.5, 0.6) is 10.9 Å². The molecule has 160 valence electrons. The van der Waals surface area contributed by atoms with E-state index >= 15 is 0 Å². The van der Waals surface area contributed by atoms with Gasteiger partial charge in [0.2, 0.25) is 0 Å². The van der Waals surface area contributed by atoms with E-state index in [4.69, 9.17) is 25.5 Å². The van der Waals surface area contributed by atoms with Gasteiger partial charge in [0.25, 0.3) is 11.1 Å². The second kappa shape index (κ2) is 8.40. The third kappa shape index (κ3) is 3.95. The molecule has 0 aliphatic carbocycles. The molecular formula is C23H21ClN2O4S. The Morgan fingerprint density at radius 1 is 1.26 bits per heavy atom. The second-order valence-electron chi connectivity index (χ2n) is 7.39. The van der Waals surface area contributed by atoms with Gasteiger partial charge in [0, 0.05) is 31.3 Å². The molecular weight excluding hydrogens is 436 g/mol. The van der Waals surface area contributed by atoms with Crippen LogP contribution in [0.3, 0.4) is 0 Å². The van der Waals surface area contributed by atoms with Crippen molar-refractivity contribution in [1.82, 2.24) is 9.88 Å². The number of hydrogen-bond donors (Lipinski definition) is 0. The Labute approximate surface area is 188 Å². The largest absolute Gasteiger partial charge is 0.490 e. The number of aromatic nitrogens is 1. The van der Waals surface area contributed by atoms with E-state index in [0.29, 0.717) is 47.0 Å². The molecule has 0 unspecified atom stereocenters. The van der Waals surface area contributed by atoms with Gasteiger partial charge in [-0.15, -0.1) is 0 Å². The minimum atomic E-state index is -0.108. The van der Waals surface area contributed by atoms with Gasteiger partial charge in [-0.2, -0.15) is 0 Å². The van der Waals surface area contributed by atoms with Crippen LogP contribution < -0.4 is 9.47 Å². The van der Waals surface area contributed by atoms with E-state index in [-0.39, 0.29) is 12.0 Å². The number of thiazole rings is 1. The van der Waals surface area contributed by atoms with Crippen molar-refractivity contribution in [2.75, 3.05) is 19.7 Å². The Kier molecular flexibility index (Phi) is 5.46. The van der Waals surface area contributed by atoms with Gasteiger partial charge in [-0.25, -0.2) is 4.98 Å². The highest BCUT2D eigenvalue weighted by Gasteiger charge is 2.27. The van der Waals surface area contributed by atoms with E-state index in [2.05, 4.69) is 4.98 Å². The maximum absolute atomic E-state index is 13.0. The molecule has 0 atom stereocenters. The summed E-state index contributed by atoms with van der Waals surface area (Å²) in [4.78, 5) is 19.3. The first-order valence-corrected chi connectivity index (χ1v) is 11.5. The van der Waals surface area contributed by atoms with Gasteiger partial charge in [-0.05, 0) is 31.2 Å².